The monoisotopic (exact) mass is 354 g/mol. The average Bonchev–Trinajstić information content (AvgIpc) is 2.48. The molecule has 1 aromatic carbocycles. The lowest BCUT2D eigenvalue weighted by atomic mass is 9.90. The third kappa shape index (κ3) is 5.38. The van der Waals surface area contributed by atoms with Crippen LogP contribution in [-0.4, -0.2) is 46.4 Å². The van der Waals surface area contributed by atoms with Gasteiger partial charge in [-0.25, -0.2) is 13.1 Å². The number of ether oxygens (including phenoxy) is 1. The summed E-state index contributed by atoms with van der Waals surface area (Å²) >= 11 is 0. The summed E-state index contributed by atoms with van der Waals surface area (Å²) in [5.74, 6) is 1.50. The number of fused-ring (bicyclic) bond motifs is 1. The Morgan fingerprint density at radius 3 is 2.71 bits per heavy atom. The maximum Gasteiger partial charge on any atom is 0.208 e. The Morgan fingerprint density at radius 2 is 2.04 bits per heavy atom. The summed E-state index contributed by atoms with van der Waals surface area (Å²) in [6.45, 7) is 4.87. The number of nitrogens with one attached hydrogen (secondary N) is 3. The van der Waals surface area contributed by atoms with Crippen molar-refractivity contribution < 1.29 is 13.2 Å². The Labute approximate surface area is 143 Å². The van der Waals surface area contributed by atoms with Crippen LogP contribution in [0.1, 0.15) is 31.9 Å². The molecule has 1 aromatic rings. The van der Waals surface area contributed by atoms with Crippen LogP contribution in [0.2, 0.25) is 0 Å². The number of rotatable bonds is 5. The summed E-state index contributed by atoms with van der Waals surface area (Å²) in [4.78, 5) is 4.21. The lowest BCUT2D eigenvalue weighted by Gasteiger charge is -2.38. The first-order chi connectivity index (χ1) is 11.2. The molecule has 2 rings (SSSR count). The Hall–Kier alpha value is -1.80. The van der Waals surface area contributed by atoms with Crippen molar-refractivity contribution in [1.82, 2.24) is 15.4 Å². The van der Waals surface area contributed by atoms with Crippen LogP contribution in [0.25, 0.3) is 0 Å². The zero-order chi connectivity index (χ0) is 17.8. The van der Waals surface area contributed by atoms with Crippen LogP contribution in [0.15, 0.2) is 29.3 Å². The van der Waals surface area contributed by atoms with Gasteiger partial charge in [0.05, 0.1) is 12.3 Å². The molecule has 1 heterocycles. The molecule has 0 radical (unpaired) electrons. The molecular weight excluding hydrogens is 328 g/mol. The number of aliphatic imine (C=N–C) groups is 1. The van der Waals surface area contributed by atoms with E-state index in [1.165, 1.54) is 0 Å². The lowest BCUT2D eigenvalue weighted by molar-refractivity contribution is 0.0694. The van der Waals surface area contributed by atoms with Crippen molar-refractivity contribution in [2.45, 2.75) is 31.9 Å². The molecule has 1 aliphatic heterocycles. The number of para-hydroxylation sites is 1. The summed E-state index contributed by atoms with van der Waals surface area (Å²) in [5.41, 5.74) is 0.817. The molecule has 0 bridgehead atoms. The fourth-order valence-electron chi connectivity index (χ4n) is 2.71. The molecule has 0 saturated carbocycles. The molecule has 8 heteroatoms. The Bertz CT molecular complexity index is 701. The Morgan fingerprint density at radius 1 is 1.33 bits per heavy atom. The maximum atomic E-state index is 11.1. The SMILES string of the molecule is CN=C(NCCNS(C)(=O)=O)NC1CC(C)(C)Oc2ccccc21. The third-order valence-electron chi connectivity index (χ3n) is 3.69. The van der Waals surface area contributed by atoms with E-state index in [-0.39, 0.29) is 11.6 Å². The minimum absolute atomic E-state index is 0.0685. The average molecular weight is 354 g/mol. The van der Waals surface area contributed by atoms with E-state index in [0.717, 1.165) is 24.0 Å². The van der Waals surface area contributed by atoms with Gasteiger partial charge < -0.3 is 15.4 Å². The molecule has 0 aliphatic carbocycles. The van der Waals surface area contributed by atoms with E-state index in [0.29, 0.717) is 19.0 Å². The fourth-order valence-corrected chi connectivity index (χ4v) is 3.18. The summed E-state index contributed by atoms with van der Waals surface area (Å²) < 4.78 is 30.6. The van der Waals surface area contributed by atoms with E-state index < -0.39 is 10.0 Å². The van der Waals surface area contributed by atoms with Crippen molar-refractivity contribution in [3.8, 4) is 5.75 Å². The number of benzene rings is 1. The molecule has 1 atom stereocenters. The quantitative estimate of drug-likeness (QED) is 0.417. The van der Waals surface area contributed by atoms with E-state index >= 15 is 0 Å². The van der Waals surface area contributed by atoms with Crippen molar-refractivity contribution >= 4 is 16.0 Å². The highest BCUT2D eigenvalue weighted by molar-refractivity contribution is 7.88. The van der Waals surface area contributed by atoms with Crippen LogP contribution in [0, 0.1) is 0 Å². The van der Waals surface area contributed by atoms with Crippen molar-refractivity contribution in [3.05, 3.63) is 29.8 Å². The van der Waals surface area contributed by atoms with E-state index in [1.54, 1.807) is 7.05 Å². The van der Waals surface area contributed by atoms with Gasteiger partial charge >= 0.3 is 0 Å². The molecule has 0 spiro atoms. The standard InChI is InChI=1S/C16H26N4O3S/c1-16(2)11-13(12-7-5-6-8-14(12)23-16)20-15(17-3)18-9-10-19-24(4,21)22/h5-8,13,19H,9-11H2,1-4H3,(H2,17,18,20). The molecule has 134 valence electrons. The summed E-state index contributed by atoms with van der Waals surface area (Å²) in [6, 6.07) is 8.03. The van der Waals surface area contributed by atoms with Gasteiger partial charge in [-0.2, -0.15) is 0 Å². The molecule has 0 aromatic heterocycles. The van der Waals surface area contributed by atoms with Gasteiger partial charge in [0.2, 0.25) is 10.0 Å². The topological polar surface area (TPSA) is 91.8 Å². The second-order valence-corrected chi connectivity index (χ2v) is 8.30. The van der Waals surface area contributed by atoms with Gasteiger partial charge in [-0.3, -0.25) is 4.99 Å². The van der Waals surface area contributed by atoms with Crippen LogP contribution in [0.4, 0.5) is 0 Å². The summed E-state index contributed by atoms with van der Waals surface area (Å²) in [7, 11) is -1.49. The molecule has 7 nitrogen and oxygen atoms in total. The molecule has 1 aliphatic rings. The molecule has 24 heavy (non-hydrogen) atoms. The minimum atomic E-state index is -3.18. The molecule has 0 fully saturated rings. The Kier molecular flexibility index (Phi) is 5.71. The van der Waals surface area contributed by atoms with Gasteiger partial charge in [0.25, 0.3) is 0 Å². The fraction of sp³-hybridized carbons (Fsp3) is 0.562. The predicted octanol–water partition coefficient (Wildman–Crippen LogP) is 1.00. The first-order valence-electron chi connectivity index (χ1n) is 7.90. The smallest absolute Gasteiger partial charge is 0.208 e. The van der Waals surface area contributed by atoms with Gasteiger partial charge in [-0.05, 0) is 19.9 Å². The van der Waals surface area contributed by atoms with Gasteiger partial charge in [-0.1, -0.05) is 18.2 Å². The third-order valence-corrected chi connectivity index (χ3v) is 4.42. The molecular formula is C16H26N4O3S. The van der Waals surface area contributed by atoms with Gasteiger partial charge in [-0.15, -0.1) is 0 Å². The maximum absolute atomic E-state index is 11.1. The van der Waals surface area contributed by atoms with Crippen LogP contribution < -0.4 is 20.1 Å². The second-order valence-electron chi connectivity index (χ2n) is 6.47. The van der Waals surface area contributed by atoms with E-state index in [1.807, 2.05) is 24.3 Å². The molecule has 0 amide bonds. The highest BCUT2D eigenvalue weighted by Crippen LogP contribution is 2.39. The zero-order valence-corrected chi connectivity index (χ0v) is 15.4. The first kappa shape index (κ1) is 18.5. The zero-order valence-electron chi connectivity index (χ0n) is 14.6. The lowest BCUT2D eigenvalue weighted by Crippen LogP contribution is -2.46. The number of hydrogen-bond acceptors (Lipinski definition) is 4. The number of hydrogen-bond donors (Lipinski definition) is 3. The van der Waals surface area contributed by atoms with Crippen LogP contribution in [0.3, 0.4) is 0 Å². The van der Waals surface area contributed by atoms with Crippen molar-refractivity contribution in [2.24, 2.45) is 4.99 Å². The summed E-state index contributed by atoms with van der Waals surface area (Å²) in [6.07, 6.45) is 1.94. The van der Waals surface area contributed by atoms with E-state index in [9.17, 15) is 8.42 Å². The van der Waals surface area contributed by atoms with Crippen LogP contribution in [0.5, 0.6) is 5.75 Å². The highest BCUT2D eigenvalue weighted by Gasteiger charge is 2.33. The van der Waals surface area contributed by atoms with Gasteiger partial charge in [0, 0.05) is 32.1 Å². The highest BCUT2D eigenvalue weighted by atomic mass is 32.2. The number of nitrogens with zero attached hydrogens (tertiary/aromatic N) is 1. The minimum Gasteiger partial charge on any atom is -0.487 e. The number of sulfonamides is 1. The van der Waals surface area contributed by atoms with Crippen LogP contribution >= 0.6 is 0 Å². The first-order valence-corrected chi connectivity index (χ1v) is 9.79. The van der Waals surface area contributed by atoms with Crippen molar-refractivity contribution in [3.63, 3.8) is 0 Å². The molecule has 3 N–H and O–H groups in total. The van der Waals surface area contributed by atoms with Gasteiger partial charge in [0.1, 0.15) is 11.4 Å². The van der Waals surface area contributed by atoms with E-state index in [2.05, 4.69) is 34.2 Å². The van der Waals surface area contributed by atoms with Gasteiger partial charge in [0.15, 0.2) is 5.96 Å². The predicted molar refractivity (Wildman–Crippen MR) is 95.9 cm³/mol. The normalized spacial score (nSPS) is 20.0. The molecule has 0 saturated heterocycles. The summed E-state index contributed by atoms with van der Waals surface area (Å²) in [5, 5.41) is 6.52. The largest absolute Gasteiger partial charge is 0.487 e. The van der Waals surface area contributed by atoms with Crippen molar-refractivity contribution in [2.75, 3.05) is 26.4 Å². The van der Waals surface area contributed by atoms with Crippen LogP contribution in [-0.2, 0) is 10.0 Å². The second kappa shape index (κ2) is 7.40. The van der Waals surface area contributed by atoms with Crippen molar-refractivity contribution in [1.29, 1.82) is 0 Å². The Balaban J connectivity index is 2.00. The number of guanidine groups is 1. The molecule has 1 unspecified atom stereocenters. The van der Waals surface area contributed by atoms with E-state index in [4.69, 9.17) is 4.74 Å².